The summed E-state index contributed by atoms with van der Waals surface area (Å²) in [5.41, 5.74) is 0.654. The SMILES string of the molecule is COc1ccccc1NC(=O)c1ccc(NC(=O)COC(=O)c2cc([N+](=O)[O-])ccc2Cl)cc1. The standard InChI is InChI=1S/C23H18ClN3O7/c1-33-20-5-3-2-4-19(20)26-22(29)14-6-8-15(9-7-14)25-21(28)13-34-23(30)17-12-16(27(31)32)10-11-18(17)24/h2-12H,13H2,1H3,(H,25,28)(H,26,29). The second-order valence-corrected chi connectivity index (χ2v) is 7.18. The van der Waals surface area contributed by atoms with Crippen LogP contribution in [-0.4, -0.2) is 36.4 Å². The third-order valence-corrected chi connectivity index (χ3v) is 4.83. The largest absolute Gasteiger partial charge is 0.495 e. The third kappa shape index (κ3) is 6.08. The molecule has 0 aliphatic heterocycles. The van der Waals surface area contributed by atoms with E-state index in [0.29, 0.717) is 22.7 Å². The number of para-hydroxylation sites is 2. The number of esters is 1. The molecule has 2 N–H and O–H groups in total. The van der Waals surface area contributed by atoms with E-state index >= 15 is 0 Å². The number of nitrogens with zero attached hydrogens (tertiary/aromatic N) is 1. The van der Waals surface area contributed by atoms with Crippen LogP contribution in [0.2, 0.25) is 5.02 Å². The van der Waals surface area contributed by atoms with Crippen molar-refractivity contribution in [2.24, 2.45) is 0 Å². The average Bonchev–Trinajstić information content (AvgIpc) is 2.83. The first-order chi connectivity index (χ1) is 16.3. The number of carbonyl (C=O) groups is 3. The fourth-order valence-corrected chi connectivity index (χ4v) is 3.03. The lowest BCUT2D eigenvalue weighted by atomic mass is 10.2. The van der Waals surface area contributed by atoms with Crippen molar-refractivity contribution in [1.29, 1.82) is 0 Å². The number of ether oxygens (including phenoxy) is 2. The van der Waals surface area contributed by atoms with Gasteiger partial charge in [-0.3, -0.25) is 19.7 Å². The number of nitro groups is 1. The summed E-state index contributed by atoms with van der Waals surface area (Å²) < 4.78 is 10.1. The molecule has 0 spiro atoms. The quantitative estimate of drug-likeness (QED) is 0.277. The molecule has 0 atom stereocenters. The first-order valence-electron chi connectivity index (χ1n) is 9.74. The molecule has 34 heavy (non-hydrogen) atoms. The Morgan fingerprint density at radius 1 is 1.00 bits per heavy atom. The number of halogens is 1. The van der Waals surface area contributed by atoms with Crippen molar-refractivity contribution in [2.75, 3.05) is 24.4 Å². The van der Waals surface area contributed by atoms with Gasteiger partial charge in [0.05, 0.1) is 28.3 Å². The minimum Gasteiger partial charge on any atom is -0.495 e. The number of nitrogens with one attached hydrogen (secondary N) is 2. The van der Waals surface area contributed by atoms with Crippen LogP contribution in [0.3, 0.4) is 0 Å². The van der Waals surface area contributed by atoms with E-state index in [1.807, 2.05) is 0 Å². The highest BCUT2D eigenvalue weighted by Crippen LogP contribution is 2.24. The Morgan fingerprint density at radius 2 is 1.71 bits per heavy atom. The van der Waals surface area contributed by atoms with Crippen LogP contribution in [0.1, 0.15) is 20.7 Å². The molecule has 0 fully saturated rings. The number of hydrogen-bond donors (Lipinski definition) is 2. The maximum Gasteiger partial charge on any atom is 0.340 e. The van der Waals surface area contributed by atoms with Gasteiger partial charge in [-0.05, 0) is 42.5 Å². The number of non-ortho nitro benzene ring substituents is 1. The van der Waals surface area contributed by atoms with Crippen molar-refractivity contribution >= 4 is 46.4 Å². The molecule has 0 radical (unpaired) electrons. The molecule has 11 heteroatoms. The smallest absolute Gasteiger partial charge is 0.340 e. The first-order valence-corrected chi connectivity index (χ1v) is 10.1. The van der Waals surface area contributed by atoms with Gasteiger partial charge in [0.2, 0.25) is 0 Å². The highest BCUT2D eigenvalue weighted by atomic mass is 35.5. The zero-order chi connectivity index (χ0) is 24.7. The minimum absolute atomic E-state index is 0.0435. The second kappa shape index (κ2) is 10.9. The Hall–Kier alpha value is -4.44. The highest BCUT2D eigenvalue weighted by Gasteiger charge is 2.18. The summed E-state index contributed by atoms with van der Waals surface area (Å²) in [6, 6.07) is 16.3. The molecule has 3 aromatic carbocycles. The van der Waals surface area contributed by atoms with E-state index in [0.717, 1.165) is 12.1 Å². The molecule has 174 valence electrons. The summed E-state index contributed by atoms with van der Waals surface area (Å²) in [6.45, 7) is -0.645. The summed E-state index contributed by atoms with van der Waals surface area (Å²) in [5, 5.41) is 16.1. The number of hydrogen-bond acceptors (Lipinski definition) is 7. The lowest BCUT2D eigenvalue weighted by Crippen LogP contribution is -2.21. The Balaban J connectivity index is 1.56. The molecule has 0 aromatic heterocycles. The number of amides is 2. The van der Waals surface area contributed by atoms with E-state index in [2.05, 4.69) is 10.6 Å². The van der Waals surface area contributed by atoms with E-state index in [1.165, 1.54) is 37.4 Å². The Labute approximate surface area is 198 Å². The topological polar surface area (TPSA) is 137 Å². The van der Waals surface area contributed by atoms with E-state index in [9.17, 15) is 24.5 Å². The van der Waals surface area contributed by atoms with Gasteiger partial charge in [-0.2, -0.15) is 0 Å². The molecule has 0 saturated carbocycles. The van der Waals surface area contributed by atoms with E-state index < -0.39 is 23.4 Å². The fraction of sp³-hybridized carbons (Fsp3) is 0.0870. The predicted molar refractivity (Wildman–Crippen MR) is 124 cm³/mol. The summed E-state index contributed by atoms with van der Waals surface area (Å²) >= 11 is 5.89. The van der Waals surface area contributed by atoms with Crippen LogP contribution in [0, 0.1) is 10.1 Å². The molecule has 3 aromatic rings. The second-order valence-electron chi connectivity index (χ2n) is 6.78. The van der Waals surface area contributed by atoms with Gasteiger partial charge in [0, 0.05) is 23.4 Å². The van der Waals surface area contributed by atoms with Gasteiger partial charge >= 0.3 is 5.97 Å². The summed E-state index contributed by atoms with van der Waals surface area (Å²) in [7, 11) is 1.50. The zero-order valence-electron chi connectivity index (χ0n) is 17.7. The first kappa shape index (κ1) is 24.2. The number of methoxy groups -OCH3 is 1. The number of carbonyl (C=O) groups excluding carboxylic acids is 3. The number of anilines is 2. The predicted octanol–water partition coefficient (Wildman–Crippen LogP) is 4.30. The van der Waals surface area contributed by atoms with Gasteiger partial charge in [-0.15, -0.1) is 0 Å². The molecule has 0 aliphatic rings. The van der Waals surface area contributed by atoms with Gasteiger partial charge in [-0.25, -0.2) is 4.79 Å². The van der Waals surface area contributed by atoms with Gasteiger partial charge in [0.15, 0.2) is 6.61 Å². The maximum absolute atomic E-state index is 12.5. The number of nitro benzene ring substituents is 1. The van der Waals surface area contributed by atoms with Crippen LogP contribution in [-0.2, 0) is 9.53 Å². The van der Waals surface area contributed by atoms with Gasteiger partial charge in [-0.1, -0.05) is 23.7 Å². The van der Waals surface area contributed by atoms with Crippen molar-refractivity contribution in [3.8, 4) is 5.75 Å². The molecule has 0 heterocycles. The Bertz CT molecular complexity index is 1250. The monoisotopic (exact) mass is 483 g/mol. The summed E-state index contributed by atoms with van der Waals surface area (Å²) in [6.07, 6.45) is 0. The zero-order valence-corrected chi connectivity index (χ0v) is 18.5. The van der Waals surface area contributed by atoms with Crippen LogP contribution in [0.25, 0.3) is 0 Å². The average molecular weight is 484 g/mol. The van der Waals surface area contributed by atoms with Crippen LogP contribution >= 0.6 is 11.6 Å². The molecule has 0 unspecified atom stereocenters. The highest BCUT2D eigenvalue weighted by molar-refractivity contribution is 6.33. The normalized spacial score (nSPS) is 10.2. The van der Waals surface area contributed by atoms with E-state index in [4.69, 9.17) is 21.1 Å². The number of benzene rings is 3. The summed E-state index contributed by atoms with van der Waals surface area (Å²) in [4.78, 5) is 46.9. The Morgan fingerprint density at radius 3 is 2.38 bits per heavy atom. The molecular weight excluding hydrogens is 466 g/mol. The van der Waals surface area contributed by atoms with Crippen LogP contribution in [0.4, 0.5) is 17.1 Å². The molecule has 0 bridgehead atoms. The van der Waals surface area contributed by atoms with Gasteiger partial charge < -0.3 is 20.1 Å². The van der Waals surface area contributed by atoms with E-state index in [1.54, 1.807) is 24.3 Å². The summed E-state index contributed by atoms with van der Waals surface area (Å²) in [5.74, 6) is -1.49. The van der Waals surface area contributed by atoms with Crippen LogP contribution < -0.4 is 15.4 Å². The molecule has 0 aliphatic carbocycles. The number of rotatable bonds is 8. The lowest BCUT2D eigenvalue weighted by molar-refractivity contribution is -0.384. The van der Waals surface area contributed by atoms with Crippen molar-refractivity contribution < 1.29 is 28.8 Å². The van der Waals surface area contributed by atoms with Crippen molar-refractivity contribution in [2.45, 2.75) is 0 Å². The van der Waals surface area contributed by atoms with Gasteiger partial charge in [0.1, 0.15) is 5.75 Å². The molecular formula is C23H18ClN3O7. The maximum atomic E-state index is 12.5. The minimum atomic E-state index is -0.979. The van der Waals surface area contributed by atoms with Crippen LogP contribution in [0.15, 0.2) is 66.7 Å². The fourth-order valence-electron chi connectivity index (χ4n) is 2.84. The van der Waals surface area contributed by atoms with Crippen molar-refractivity contribution in [1.82, 2.24) is 0 Å². The third-order valence-electron chi connectivity index (χ3n) is 4.50. The van der Waals surface area contributed by atoms with E-state index in [-0.39, 0.29) is 22.2 Å². The molecule has 10 nitrogen and oxygen atoms in total. The van der Waals surface area contributed by atoms with Crippen molar-refractivity contribution in [3.05, 3.63) is 93.0 Å². The van der Waals surface area contributed by atoms with Crippen molar-refractivity contribution in [3.63, 3.8) is 0 Å². The lowest BCUT2D eigenvalue weighted by Gasteiger charge is -2.10. The molecule has 0 saturated heterocycles. The molecule has 3 rings (SSSR count). The van der Waals surface area contributed by atoms with Crippen LogP contribution in [0.5, 0.6) is 5.75 Å². The molecule has 2 amide bonds. The Kier molecular flexibility index (Phi) is 7.78. The van der Waals surface area contributed by atoms with Gasteiger partial charge in [0.25, 0.3) is 17.5 Å².